The molecule has 0 radical (unpaired) electrons. The van der Waals surface area contributed by atoms with Gasteiger partial charge in [-0.3, -0.25) is 9.59 Å². The van der Waals surface area contributed by atoms with E-state index in [0.717, 1.165) is 41.9 Å². The number of hydrogen-bond acceptors (Lipinski definition) is 6. The van der Waals surface area contributed by atoms with Crippen molar-refractivity contribution in [1.82, 2.24) is 24.0 Å². The number of fused-ring (bicyclic) bond motifs is 2. The number of rotatable bonds is 8. The molecule has 2 N–H and O–H groups in total. The lowest BCUT2D eigenvalue weighted by Gasteiger charge is -2.34. The fourth-order valence-corrected chi connectivity index (χ4v) is 7.62. The second kappa shape index (κ2) is 12.6. The van der Waals surface area contributed by atoms with Gasteiger partial charge in [0, 0.05) is 56.5 Å². The quantitative estimate of drug-likeness (QED) is 0.292. The monoisotopic (exact) mass is 644 g/mol. The van der Waals surface area contributed by atoms with Crippen LogP contribution in [0.5, 0.6) is 5.75 Å². The first kappa shape index (κ1) is 31.6. The van der Waals surface area contributed by atoms with Gasteiger partial charge in [-0.05, 0) is 75.5 Å². The number of halogens is 1. The molecule has 2 amide bonds. The van der Waals surface area contributed by atoms with Crippen molar-refractivity contribution < 1.29 is 23.5 Å². The first-order chi connectivity index (χ1) is 22.7. The van der Waals surface area contributed by atoms with Crippen LogP contribution in [0.1, 0.15) is 66.4 Å². The van der Waals surface area contributed by atoms with E-state index in [1.165, 1.54) is 34.2 Å². The molecule has 3 atom stereocenters. The Morgan fingerprint density at radius 1 is 1.06 bits per heavy atom. The number of amides is 2. The molecular weight excluding hydrogens is 599 g/mol. The molecular formula is C36H45FN6O4. The maximum atomic E-state index is 14.3. The molecule has 0 bridgehead atoms. The Balaban J connectivity index is 1.27. The van der Waals surface area contributed by atoms with Crippen molar-refractivity contribution in [2.24, 2.45) is 11.7 Å². The molecule has 2 saturated heterocycles. The number of aromatic nitrogens is 3. The molecule has 4 aromatic rings. The van der Waals surface area contributed by atoms with Crippen LogP contribution in [0.15, 0.2) is 36.5 Å². The van der Waals surface area contributed by atoms with E-state index in [9.17, 15) is 14.0 Å². The van der Waals surface area contributed by atoms with Crippen molar-refractivity contribution in [2.45, 2.75) is 76.7 Å². The molecule has 11 heteroatoms. The molecule has 7 rings (SSSR count). The van der Waals surface area contributed by atoms with E-state index in [-0.39, 0.29) is 30.8 Å². The van der Waals surface area contributed by atoms with E-state index >= 15 is 0 Å². The first-order valence-corrected chi connectivity index (χ1v) is 16.9. The third kappa shape index (κ3) is 5.88. The highest BCUT2D eigenvalue weighted by Gasteiger charge is 2.32. The number of ether oxygens (including phenoxy) is 2. The molecule has 10 nitrogen and oxygen atoms in total. The Kier molecular flexibility index (Phi) is 8.46. The standard InChI is InChI=1S/C36H45FN6O4/c1-21-32(39-43-18-26(15-31(47-4)33(21)43)36(45)41-19-27(37)16-28(38)20-41)30-14-25-6-5-7-29(34(25)42(30)17-23-8-9-23)24-10-12-40(13-11-24)35(44)22(2)46-3/h5-7,14-15,18,22-24,27-28H,8-13,16-17,19-20,38H2,1-4H3/t22-,27-,28-/m1/s1. The molecule has 3 aromatic heterocycles. The third-order valence-corrected chi connectivity index (χ3v) is 10.4. The van der Waals surface area contributed by atoms with Crippen LogP contribution < -0.4 is 10.5 Å². The van der Waals surface area contributed by atoms with Gasteiger partial charge < -0.3 is 29.6 Å². The Morgan fingerprint density at radius 3 is 2.51 bits per heavy atom. The van der Waals surface area contributed by atoms with E-state index < -0.39 is 12.3 Å². The lowest BCUT2D eigenvalue weighted by Crippen LogP contribution is -2.50. The van der Waals surface area contributed by atoms with Gasteiger partial charge in [-0.25, -0.2) is 8.91 Å². The lowest BCUT2D eigenvalue weighted by atomic mass is 9.88. The van der Waals surface area contributed by atoms with E-state index in [1.54, 1.807) is 31.0 Å². The van der Waals surface area contributed by atoms with Crippen LogP contribution in [0.3, 0.4) is 0 Å². The molecule has 3 aliphatic rings. The summed E-state index contributed by atoms with van der Waals surface area (Å²) in [4.78, 5) is 29.7. The summed E-state index contributed by atoms with van der Waals surface area (Å²) in [5, 5.41) is 6.25. The predicted octanol–water partition coefficient (Wildman–Crippen LogP) is 4.94. The summed E-state index contributed by atoms with van der Waals surface area (Å²) in [5.41, 5.74) is 12.6. The van der Waals surface area contributed by atoms with Gasteiger partial charge in [-0.15, -0.1) is 0 Å². The number of nitrogens with zero attached hydrogens (tertiary/aromatic N) is 5. The highest BCUT2D eigenvalue weighted by atomic mass is 19.1. The second-order valence-corrected chi connectivity index (χ2v) is 13.7. The van der Waals surface area contributed by atoms with Crippen LogP contribution in [0, 0.1) is 12.8 Å². The van der Waals surface area contributed by atoms with Gasteiger partial charge >= 0.3 is 0 Å². The zero-order chi connectivity index (χ0) is 33.0. The zero-order valence-corrected chi connectivity index (χ0v) is 27.7. The zero-order valence-electron chi connectivity index (χ0n) is 27.7. The summed E-state index contributed by atoms with van der Waals surface area (Å²) in [6.45, 7) is 6.54. The number of methoxy groups -OCH3 is 2. The molecule has 47 heavy (non-hydrogen) atoms. The largest absolute Gasteiger partial charge is 0.494 e. The van der Waals surface area contributed by atoms with Crippen molar-refractivity contribution in [2.75, 3.05) is 40.4 Å². The fraction of sp³-hybridized carbons (Fsp3) is 0.528. The molecule has 2 aliphatic heterocycles. The van der Waals surface area contributed by atoms with Gasteiger partial charge in [0.25, 0.3) is 11.8 Å². The summed E-state index contributed by atoms with van der Waals surface area (Å²) >= 11 is 0. The lowest BCUT2D eigenvalue weighted by molar-refractivity contribution is -0.142. The van der Waals surface area contributed by atoms with Crippen LogP contribution in [-0.2, 0) is 16.1 Å². The highest BCUT2D eigenvalue weighted by molar-refractivity contribution is 5.96. The predicted molar refractivity (Wildman–Crippen MR) is 179 cm³/mol. The highest BCUT2D eigenvalue weighted by Crippen LogP contribution is 2.42. The van der Waals surface area contributed by atoms with Gasteiger partial charge in [-0.1, -0.05) is 18.2 Å². The van der Waals surface area contributed by atoms with E-state index in [0.29, 0.717) is 42.8 Å². The average molecular weight is 645 g/mol. The molecule has 1 saturated carbocycles. The van der Waals surface area contributed by atoms with Crippen molar-refractivity contribution in [3.63, 3.8) is 0 Å². The van der Waals surface area contributed by atoms with Crippen LogP contribution in [0.2, 0.25) is 0 Å². The number of para-hydroxylation sites is 1. The fourth-order valence-electron chi connectivity index (χ4n) is 7.62. The minimum Gasteiger partial charge on any atom is -0.494 e. The number of piperidine rings is 2. The minimum atomic E-state index is -1.14. The third-order valence-electron chi connectivity index (χ3n) is 10.4. The van der Waals surface area contributed by atoms with Gasteiger partial charge in [0.2, 0.25) is 0 Å². The number of hydrogen-bond donors (Lipinski definition) is 1. The van der Waals surface area contributed by atoms with Crippen molar-refractivity contribution in [3.05, 3.63) is 53.2 Å². The molecule has 1 aliphatic carbocycles. The first-order valence-electron chi connectivity index (χ1n) is 16.9. The Bertz CT molecular complexity index is 1810. The maximum absolute atomic E-state index is 14.3. The average Bonchev–Trinajstić information content (AvgIpc) is 3.74. The van der Waals surface area contributed by atoms with Crippen molar-refractivity contribution >= 4 is 28.2 Å². The number of likely N-dealkylation sites (tertiary alicyclic amines) is 2. The molecule has 3 fully saturated rings. The van der Waals surface area contributed by atoms with E-state index in [2.05, 4.69) is 28.8 Å². The molecule has 5 heterocycles. The van der Waals surface area contributed by atoms with E-state index in [1.807, 2.05) is 18.7 Å². The Morgan fingerprint density at radius 2 is 1.83 bits per heavy atom. The smallest absolute Gasteiger partial charge is 0.255 e. The molecule has 1 aromatic carbocycles. The van der Waals surface area contributed by atoms with Gasteiger partial charge in [0.15, 0.2) is 0 Å². The number of pyridine rings is 1. The summed E-state index contributed by atoms with van der Waals surface area (Å²) in [6, 6.07) is 10.1. The number of aryl methyl sites for hydroxylation is 1. The summed E-state index contributed by atoms with van der Waals surface area (Å²) in [6.07, 6.45) is 4.64. The number of alkyl halides is 1. The SMILES string of the molecule is COc1cc(C(=O)N2C[C@H](N)C[C@@H](F)C2)cn2nc(-c3cc4cccc(C5CCN(C(=O)[C@@H](C)OC)CC5)c4n3CC3CC3)c(C)c12. The number of carbonyl (C=O) groups excluding carboxylic acids is 2. The van der Waals surface area contributed by atoms with Crippen molar-refractivity contribution in [1.29, 1.82) is 0 Å². The van der Waals surface area contributed by atoms with Gasteiger partial charge in [0.1, 0.15) is 29.2 Å². The summed E-state index contributed by atoms with van der Waals surface area (Å²) in [7, 11) is 3.17. The van der Waals surface area contributed by atoms with Crippen LogP contribution in [0.25, 0.3) is 27.8 Å². The van der Waals surface area contributed by atoms with Crippen molar-refractivity contribution in [3.8, 4) is 17.1 Å². The minimum absolute atomic E-state index is 0.0293. The Hall–Kier alpha value is -3.96. The van der Waals surface area contributed by atoms with Gasteiger partial charge in [-0.2, -0.15) is 5.10 Å². The van der Waals surface area contributed by atoms with Crippen LogP contribution in [0.4, 0.5) is 4.39 Å². The Labute approximate surface area is 274 Å². The maximum Gasteiger partial charge on any atom is 0.255 e. The summed E-state index contributed by atoms with van der Waals surface area (Å²) < 4.78 is 29.6. The van der Waals surface area contributed by atoms with Gasteiger partial charge in [0.05, 0.1) is 30.4 Å². The number of nitrogens with two attached hydrogens (primary N) is 1. The normalized spacial score (nSPS) is 21.5. The van der Waals surface area contributed by atoms with E-state index in [4.69, 9.17) is 20.3 Å². The number of benzene rings is 1. The molecule has 250 valence electrons. The molecule has 0 spiro atoms. The van der Waals surface area contributed by atoms with Crippen LogP contribution >= 0.6 is 0 Å². The topological polar surface area (TPSA) is 107 Å². The second-order valence-electron chi connectivity index (χ2n) is 13.7. The molecule has 0 unspecified atom stereocenters. The summed E-state index contributed by atoms with van der Waals surface area (Å²) in [5.74, 6) is 1.27. The number of carbonyl (C=O) groups is 2. The van der Waals surface area contributed by atoms with Crippen LogP contribution in [-0.4, -0.2) is 94.5 Å².